The molecule has 0 spiro atoms. The molecule has 1 aliphatic heterocycles. The van der Waals surface area contributed by atoms with Gasteiger partial charge >= 0.3 is 0 Å². The van der Waals surface area contributed by atoms with E-state index >= 15 is 0 Å². The number of aromatic nitrogens is 6. The van der Waals surface area contributed by atoms with Crippen LogP contribution in [0.3, 0.4) is 0 Å². The maximum Gasteiger partial charge on any atom is 0.211 e. The van der Waals surface area contributed by atoms with Crippen LogP contribution in [0.1, 0.15) is 54.4 Å². The van der Waals surface area contributed by atoms with Crippen LogP contribution in [0.2, 0.25) is 0 Å². The Kier molecular flexibility index (Phi) is 5.40. The zero-order chi connectivity index (χ0) is 18.6. The third kappa shape index (κ3) is 4.30. The number of hydrogen-bond donors (Lipinski definition) is 2. The largest absolute Gasteiger partial charge is 0.315 e. The maximum absolute atomic E-state index is 4.82. The van der Waals surface area contributed by atoms with E-state index in [9.17, 15) is 0 Å². The SMILES string of the molecule is CCc1nnc(Nc2cc(C)nc(C3CCCCN3Cc3ccn[nH]3)n2)s1. The van der Waals surface area contributed by atoms with Crippen molar-refractivity contribution >= 4 is 22.3 Å². The molecule has 9 heteroatoms. The molecule has 0 bridgehead atoms. The van der Waals surface area contributed by atoms with Crippen molar-refractivity contribution in [2.45, 2.75) is 52.1 Å². The minimum atomic E-state index is 0.211. The summed E-state index contributed by atoms with van der Waals surface area (Å²) in [5, 5.41) is 20.6. The monoisotopic (exact) mass is 384 g/mol. The minimum absolute atomic E-state index is 0.211. The summed E-state index contributed by atoms with van der Waals surface area (Å²) in [6, 6.07) is 4.19. The van der Waals surface area contributed by atoms with Crippen LogP contribution in [0.15, 0.2) is 18.3 Å². The van der Waals surface area contributed by atoms with Crippen molar-refractivity contribution < 1.29 is 0 Å². The number of aromatic amines is 1. The highest BCUT2D eigenvalue weighted by molar-refractivity contribution is 7.15. The second-order valence-corrected chi connectivity index (χ2v) is 7.86. The molecule has 1 saturated heterocycles. The number of aryl methyl sites for hydroxylation is 2. The first kappa shape index (κ1) is 18.0. The van der Waals surface area contributed by atoms with Crippen molar-refractivity contribution in [2.24, 2.45) is 0 Å². The molecule has 3 aromatic heterocycles. The number of likely N-dealkylation sites (tertiary alicyclic amines) is 1. The molecule has 142 valence electrons. The molecule has 1 fully saturated rings. The number of piperidine rings is 1. The van der Waals surface area contributed by atoms with Gasteiger partial charge in [-0.2, -0.15) is 5.10 Å². The summed E-state index contributed by atoms with van der Waals surface area (Å²) < 4.78 is 0. The molecule has 1 unspecified atom stereocenters. The third-order valence-electron chi connectivity index (χ3n) is 4.72. The Morgan fingerprint density at radius 2 is 2.22 bits per heavy atom. The fraction of sp³-hybridized carbons (Fsp3) is 0.500. The van der Waals surface area contributed by atoms with Gasteiger partial charge in [-0.25, -0.2) is 9.97 Å². The van der Waals surface area contributed by atoms with Gasteiger partial charge in [0.1, 0.15) is 16.6 Å². The summed E-state index contributed by atoms with van der Waals surface area (Å²) in [6.07, 6.45) is 6.15. The zero-order valence-corrected chi connectivity index (χ0v) is 16.5. The first-order valence-electron chi connectivity index (χ1n) is 9.38. The summed E-state index contributed by atoms with van der Waals surface area (Å²) >= 11 is 1.56. The van der Waals surface area contributed by atoms with Crippen molar-refractivity contribution in [1.29, 1.82) is 0 Å². The summed E-state index contributed by atoms with van der Waals surface area (Å²) in [4.78, 5) is 12.0. The van der Waals surface area contributed by atoms with E-state index in [0.717, 1.165) is 59.1 Å². The highest BCUT2D eigenvalue weighted by atomic mass is 32.1. The molecule has 0 aliphatic carbocycles. The Morgan fingerprint density at radius 1 is 1.30 bits per heavy atom. The van der Waals surface area contributed by atoms with E-state index < -0.39 is 0 Å². The Labute approximate surface area is 162 Å². The van der Waals surface area contributed by atoms with Gasteiger partial charge in [0, 0.05) is 30.2 Å². The van der Waals surface area contributed by atoms with E-state index in [1.54, 1.807) is 17.5 Å². The molecule has 8 nitrogen and oxygen atoms in total. The molecule has 0 amide bonds. The average Bonchev–Trinajstić information content (AvgIpc) is 3.33. The number of nitrogens with one attached hydrogen (secondary N) is 2. The highest BCUT2D eigenvalue weighted by Crippen LogP contribution is 2.31. The lowest BCUT2D eigenvalue weighted by Gasteiger charge is -2.34. The van der Waals surface area contributed by atoms with Crippen molar-refractivity contribution in [2.75, 3.05) is 11.9 Å². The summed E-state index contributed by atoms with van der Waals surface area (Å²) in [7, 11) is 0. The Bertz CT molecular complexity index is 875. The topological polar surface area (TPSA) is 95.5 Å². The van der Waals surface area contributed by atoms with E-state index in [1.165, 1.54) is 12.8 Å². The van der Waals surface area contributed by atoms with Crippen LogP contribution in [0.25, 0.3) is 0 Å². The summed E-state index contributed by atoms with van der Waals surface area (Å²) in [5.74, 6) is 1.65. The number of hydrogen-bond acceptors (Lipinski definition) is 8. The average molecular weight is 385 g/mol. The van der Waals surface area contributed by atoms with E-state index in [0.29, 0.717) is 0 Å². The molecular formula is C18H24N8S. The van der Waals surface area contributed by atoms with Gasteiger partial charge in [-0.1, -0.05) is 24.7 Å². The van der Waals surface area contributed by atoms with E-state index in [-0.39, 0.29) is 6.04 Å². The van der Waals surface area contributed by atoms with E-state index in [2.05, 4.69) is 37.5 Å². The number of nitrogens with zero attached hydrogens (tertiary/aromatic N) is 6. The van der Waals surface area contributed by atoms with Crippen LogP contribution in [-0.2, 0) is 13.0 Å². The quantitative estimate of drug-likeness (QED) is 0.672. The van der Waals surface area contributed by atoms with Gasteiger partial charge in [0.15, 0.2) is 0 Å². The Hall–Kier alpha value is -2.39. The number of rotatable bonds is 6. The molecule has 27 heavy (non-hydrogen) atoms. The number of H-pyrrole nitrogens is 1. The van der Waals surface area contributed by atoms with Crippen LogP contribution >= 0.6 is 11.3 Å². The van der Waals surface area contributed by atoms with Crippen LogP contribution < -0.4 is 5.32 Å². The number of anilines is 2. The molecule has 0 aromatic carbocycles. The molecule has 0 saturated carbocycles. The third-order valence-corrected chi connectivity index (χ3v) is 5.70. The second kappa shape index (κ2) is 8.10. The lowest BCUT2D eigenvalue weighted by molar-refractivity contribution is 0.132. The highest BCUT2D eigenvalue weighted by Gasteiger charge is 2.27. The summed E-state index contributed by atoms with van der Waals surface area (Å²) in [6.45, 7) is 5.96. The molecule has 0 radical (unpaired) electrons. The predicted octanol–water partition coefficient (Wildman–Crippen LogP) is 3.39. The van der Waals surface area contributed by atoms with Crippen molar-refractivity contribution in [1.82, 2.24) is 35.3 Å². The van der Waals surface area contributed by atoms with Gasteiger partial charge in [0.05, 0.1) is 6.04 Å². The Morgan fingerprint density at radius 3 is 3.00 bits per heavy atom. The standard InChI is InChI=1S/C18H24N8S/c1-3-16-24-25-18(27-16)22-15-10-12(2)20-17(21-15)14-6-4-5-9-26(14)11-13-7-8-19-23-13/h7-8,10,14H,3-6,9,11H2,1-2H3,(H,19,23)(H,20,21,22,25). The molecule has 2 N–H and O–H groups in total. The normalized spacial score (nSPS) is 17.9. The zero-order valence-electron chi connectivity index (χ0n) is 15.6. The molecule has 1 atom stereocenters. The van der Waals surface area contributed by atoms with Crippen LogP contribution in [0, 0.1) is 6.92 Å². The van der Waals surface area contributed by atoms with Crippen molar-refractivity contribution in [3.63, 3.8) is 0 Å². The Balaban J connectivity index is 1.56. The smallest absolute Gasteiger partial charge is 0.211 e. The lowest BCUT2D eigenvalue weighted by Crippen LogP contribution is -2.34. The fourth-order valence-electron chi connectivity index (χ4n) is 3.43. The maximum atomic E-state index is 4.82. The molecule has 1 aliphatic rings. The van der Waals surface area contributed by atoms with Crippen LogP contribution in [-0.4, -0.2) is 41.8 Å². The molecule has 4 rings (SSSR count). The van der Waals surface area contributed by atoms with Crippen molar-refractivity contribution in [3.05, 3.63) is 40.5 Å². The van der Waals surface area contributed by atoms with E-state index in [4.69, 9.17) is 9.97 Å². The molecule has 4 heterocycles. The summed E-state index contributed by atoms with van der Waals surface area (Å²) in [5.41, 5.74) is 2.07. The lowest BCUT2D eigenvalue weighted by atomic mass is 10.0. The molecule has 3 aromatic rings. The van der Waals surface area contributed by atoms with Gasteiger partial charge in [-0.05, 0) is 38.8 Å². The van der Waals surface area contributed by atoms with E-state index in [1.807, 2.05) is 19.1 Å². The fourth-order valence-corrected chi connectivity index (χ4v) is 4.11. The van der Waals surface area contributed by atoms with Crippen molar-refractivity contribution in [3.8, 4) is 0 Å². The van der Waals surface area contributed by atoms with Gasteiger partial charge in [-0.15, -0.1) is 10.2 Å². The van der Waals surface area contributed by atoms with Gasteiger partial charge in [-0.3, -0.25) is 10.00 Å². The van der Waals surface area contributed by atoms with Crippen LogP contribution in [0.4, 0.5) is 10.9 Å². The minimum Gasteiger partial charge on any atom is -0.315 e. The first-order valence-corrected chi connectivity index (χ1v) is 10.2. The van der Waals surface area contributed by atoms with Gasteiger partial charge in [0.2, 0.25) is 5.13 Å². The second-order valence-electron chi connectivity index (χ2n) is 6.80. The van der Waals surface area contributed by atoms with Gasteiger partial charge in [0.25, 0.3) is 0 Å². The molecular weight excluding hydrogens is 360 g/mol. The van der Waals surface area contributed by atoms with Gasteiger partial charge < -0.3 is 5.32 Å². The first-order chi connectivity index (χ1) is 13.2. The predicted molar refractivity (Wildman–Crippen MR) is 105 cm³/mol. The van der Waals surface area contributed by atoms with Crippen LogP contribution in [0.5, 0.6) is 0 Å².